The van der Waals surface area contributed by atoms with E-state index in [1.807, 2.05) is 61.5 Å². The number of carbonyl (C=O) groups is 2. The van der Waals surface area contributed by atoms with Gasteiger partial charge in [0.15, 0.2) is 0 Å². The molecule has 46 heavy (non-hydrogen) atoms. The van der Waals surface area contributed by atoms with E-state index in [1.54, 1.807) is 47.4 Å². The van der Waals surface area contributed by atoms with Gasteiger partial charge >= 0.3 is 0 Å². The summed E-state index contributed by atoms with van der Waals surface area (Å²) >= 11 is 3.46. The molecule has 0 aliphatic heterocycles. The molecule has 1 N–H and O–H groups in total. The van der Waals surface area contributed by atoms with Crippen molar-refractivity contribution in [2.75, 3.05) is 10.8 Å². The summed E-state index contributed by atoms with van der Waals surface area (Å²) in [6, 6.07) is 31.6. The molecule has 0 saturated heterocycles. The average molecular weight is 703 g/mol. The predicted octanol–water partition coefficient (Wildman–Crippen LogP) is 7.04. The molecule has 0 bridgehead atoms. The fourth-order valence-corrected chi connectivity index (χ4v) is 7.80. The molecule has 0 spiro atoms. The number of nitrogens with one attached hydrogen (secondary N) is 1. The van der Waals surface area contributed by atoms with Gasteiger partial charge in [-0.2, -0.15) is 0 Å². The molecule has 4 aromatic rings. The second-order valence-electron chi connectivity index (χ2n) is 11.9. The van der Waals surface area contributed by atoms with Crippen molar-refractivity contribution in [3.63, 3.8) is 0 Å². The summed E-state index contributed by atoms with van der Waals surface area (Å²) in [5, 5.41) is 3.25. The molecule has 1 aliphatic rings. The number of nitrogens with zero attached hydrogens (tertiary/aromatic N) is 2. The van der Waals surface area contributed by atoms with Crippen LogP contribution in [0.15, 0.2) is 119 Å². The van der Waals surface area contributed by atoms with Crippen LogP contribution in [0.3, 0.4) is 0 Å². The zero-order chi connectivity index (χ0) is 32.5. The van der Waals surface area contributed by atoms with Crippen LogP contribution >= 0.6 is 15.9 Å². The molecular formula is C37H40BrN3O4S. The summed E-state index contributed by atoms with van der Waals surface area (Å²) in [6.07, 6.45) is 5.36. The van der Waals surface area contributed by atoms with Gasteiger partial charge in [-0.05, 0) is 61.2 Å². The van der Waals surface area contributed by atoms with Crippen LogP contribution in [-0.2, 0) is 32.6 Å². The number of benzene rings is 4. The Balaban J connectivity index is 1.56. The van der Waals surface area contributed by atoms with Crippen molar-refractivity contribution in [2.24, 2.45) is 0 Å². The molecule has 9 heteroatoms. The Morgan fingerprint density at radius 1 is 0.826 bits per heavy atom. The third-order valence-electron chi connectivity index (χ3n) is 8.36. The van der Waals surface area contributed by atoms with Crippen LogP contribution < -0.4 is 9.62 Å². The smallest absolute Gasteiger partial charge is 0.264 e. The highest BCUT2D eigenvalue weighted by Crippen LogP contribution is 2.27. The van der Waals surface area contributed by atoms with Crippen molar-refractivity contribution in [3.8, 4) is 0 Å². The molecule has 1 saturated carbocycles. The van der Waals surface area contributed by atoms with E-state index in [2.05, 4.69) is 21.2 Å². The van der Waals surface area contributed by atoms with Gasteiger partial charge in [-0.25, -0.2) is 8.42 Å². The van der Waals surface area contributed by atoms with Crippen LogP contribution in [0.25, 0.3) is 0 Å². The molecule has 240 valence electrons. The highest BCUT2D eigenvalue weighted by molar-refractivity contribution is 9.10. The maximum Gasteiger partial charge on any atom is 0.264 e. The minimum Gasteiger partial charge on any atom is -0.352 e. The molecular weight excluding hydrogens is 662 g/mol. The van der Waals surface area contributed by atoms with Gasteiger partial charge in [-0.15, -0.1) is 0 Å². The average Bonchev–Trinajstić information content (AvgIpc) is 3.06. The van der Waals surface area contributed by atoms with Crippen LogP contribution in [0.1, 0.15) is 48.8 Å². The van der Waals surface area contributed by atoms with Crippen molar-refractivity contribution in [1.29, 1.82) is 0 Å². The molecule has 1 unspecified atom stereocenters. The lowest BCUT2D eigenvalue weighted by Crippen LogP contribution is -2.55. The van der Waals surface area contributed by atoms with Crippen molar-refractivity contribution >= 4 is 43.5 Å². The zero-order valence-corrected chi connectivity index (χ0v) is 28.4. The first-order chi connectivity index (χ1) is 22.2. The van der Waals surface area contributed by atoms with E-state index in [0.29, 0.717) is 16.6 Å². The van der Waals surface area contributed by atoms with Gasteiger partial charge in [-0.3, -0.25) is 13.9 Å². The number of anilines is 1. The van der Waals surface area contributed by atoms with E-state index >= 15 is 0 Å². The lowest BCUT2D eigenvalue weighted by molar-refractivity contribution is -0.140. The van der Waals surface area contributed by atoms with Gasteiger partial charge in [0.1, 0.15) is 12.6 Å². The number of aryl methyl sites for hydroxylation is 1. The maximum atomic E-state index is 14.6. The van der Waals surface area contributed by atoms with Crippen LogP contribution in [0.2, 0.25) is 0 Å². The summed E-state index contributed by atoms with van der Waals surface area (Å²) in [5.74, 6) is -0.697. The maximum absolute atomic E-state index is 14.6. The van der Waals surface area contributed by atoms with Crippen molar-refractivity contribution in [1.82, 2.24) is 10.2 Å². The molecule has 1 fully saturated rings. The first-order valence-electron chi connectivity index (χ1n) is 15.7. The molecule has 0 heterocycles. The summed E-state index contributed by atoms with van der Waals surface area (Å²) in [5.41, 5.74) is 3.14. The van der Waals surface area contributed by atoms with Crippen LogP contribution in [0.5, 0.6) is 0 Å². The highest BCUT2D eigenvalue weighted by atomic mass is 79.9. The Labute approximate surface area is 280 Å². The molecule has 2 amide bonds. The lowest BCUT2D eigenvalue weighted by Gasteiger charge is -2.35. The summed E-state index contributed by atoms with van der Waals surface area (Å²) < 4.78 is 30.1. The van der Waals surface area contributed by atoms with E-state index < -0.39 is 28.5 Å². The van der Waals surface area contributed by atoms with Gasteiger partial charge in [-0.1, -0.05) is 120 Å². The summed E-state index contributed by atoms with van der Waals surface area (Å²) in [4.78, 5) is 30.5. The first-order valence-corrected chi connectivity index (χ1v) is 18.0. The largest absolute Gasteiger partial charge is 0.352 e. The van der Waals surface area contributed by atoms with Gasteiger partial charge in [0.05, 0.1) is 10.6 Å². The van der Waals surface area contributed by atoms with E-state index in [0.717, 1.165) is 53.1 Å². The SMILES string of the molecule is Cc1cccc(CN(C(=O)CN(c2cccc(Br)c2)S(=O)(=O)c2ccccc2)C(Cc2ccccc2)C(=O)NC2CCCCC2)c1. The Morgan fingerprint density at radius 3 is 2.15 bits per heavy atom. The van der Waals surface area contributed by atoms with Crippen molar-refractivity contribution in [2.45, 2.75) is 69.0 Å². The van der Waals surface area contributed by atoms with Crippen LogP contribution in [0, 0.1) is 6.92 Å². The third kappa shape index (κ3) is 8.65. The zero-order valence-electron chi connectivity index (χ0n) is 26.0. The second-order valence-corrected chi connectivity index (χ2v) is 14.6. The second kappa shape index (κ2) is 15.6. The Bertz CT molecular complexity index is 1730. The minimum atomic E-state index is -4.14. The Morgan fingerprint density at radius 2 is 1.48 bits per heavy atom. The van der Waals surface area contributed by atoms with Gasteiger partial charge < -0.3 is 10.2 Å². The molecule has 1 atom stereocenters. The molecule has 5 rings (SSSR count). The third-order valence-corrected chi connectivity index (χ3v) is 10.6. The van der Waals surface area contributed by atoms with Crippen molar-refractivity contribution < 1.29 is 18.0 Å². The standard InChI is InChI=1S/C37H40BrN3O4S/c1-28-13-11-16-30(23-28)26-40(35(24-29-14-5-2-6-15-29)37(43)39-32-18-7-3-8-19-32)36(42)27-41(33-20-12-17-31(38)25-33)46(44,45)34-21-9-4-10-22-34/h2,4-6,9-17,20-23,25,32,35H,3,7-8,18-19,24,26-27H2,1H3,(H,39,43). The van der Waals surface area contributed by atoms with E-state index in [-0.39, 0.29) is 23.4 Å². The number of hydrogen-bond donors (Lipinski definition) is 1. The van der Waals surface area contributed by atoms with Gasteiger partial charge in [0.25, 0.3) is 10.0 Å². The predicted molar refractivity (Wildman–Crippen MR) is 186 cm³/mol. The highest BCUT2D eigenvalue weighted by Gasteiger charge is 2.35. The molecule has 4 aromatic carbocycles. The van der Waals surface area contributed by atoms with E-state index in [9.17, 15) is 18.0 Å². The number of sulfonamides is 1. The quantitative estimate of drug-likeness (QED) is 0.172. The van der Waals surface area contributed by atoms with Crippen LogP contribution in [0.4, 0.5) is 5.69 Å². The van der Waals surface area contributed by atoms with Gasteiger partial charge in [0.2, 0.25) is 11.8 Å². The molecule has 1 aliphatic carbocycles. The van der Waals surface area contributed by atoms with E-state index in [4.69, 9.17) is 0 Å². The number of carbonyl (C=O) groups excluding carboxylic acids is 2. The normalized spacial score (nSPS) is 14.3. The summed E-state index contributed by atoms with van der Waals surface area (Å²) in [6.45, 7) is 1.64. The van der Waals surface area contributed by atoms with Crippen molar-refractivity contribution in [3.05, 3.63) is 130 Å². The summed E-state index contributed by atoms with van der Waals surface area (Å²) in [7, 11) is -4.14. The fourth-order valence-electron chi connectivity index (χ4n) is 5.99. The fraction of sp³-hybridized carbons (Fsp3) is 0.297. The van der Waals surface area contributed by atoms with Gasteiger partial charge in [0, 0.05) is 23.5 Å². The molecule has 0 radical (unpaired) electrons. The number of hydrogen-bond acceptors (Lipinski definition) is 4. The Hall–Kier alpha value is -3.95. The minimum absolute atomic E-state index is 0.0482. The van der Waals surface area contributed by atoms with Crippen LogP contribution in [-0.4, -0.2) is 43.8 Å². The molecule has 7 nitrogen and oxygen atoms in total. The first kappa shape index (κ1) is 33.4. The number of amides is 2. The Kier molecular flexibility index (Phi) is 11.3. The van der Waals surface area contributed by atoms with E-state index in [1.165, 1.54) is 12.1 Å². The number of halogens is 1. The monoisotopic (exact) mass is 701 g/mol. The number of rotatable bonds is 12. The molecule has 0 aromatic heterocycles. The lowest BCUT2D eigenvalue weighted by atomic mass is 9.94. The topological polar surface area (TPSA) is 86.8 Å².